The third kappa shape index (κ3) is 2.96. The molecule has 0 aromatic rings. The van der Waals surface area contributed by atoms with Crippen molar-refractivity contribution in [2.45, 2.75) is 46.6 Å². The van der Waals surface area contributed by atoms with Gasteiger partial charge in [-0.25, -0.2) is 0 Å². The van der Waals surface area contributed by atoms with E-state index in [1.807, 2.05) is 0 Å². The number of rotatable bonds is 3. The monoisotopic (exact) mass is 184 g/mol. The molecule has 0 aromatic carbocycles. The van der Waals surface area contributed by atoms with Crippen molar-refractivity contribution in [2.24, 2.45) is 5.41 Å². The van der Waals surface area contributed by atoms with Crippen molar-refractivity contribution in [3.63, 3.8) is 0 Å². The fourth-order valence-electron chi connectivity index (χ4n) is 2.26. The van der Waals surface area contributed by atoms with Gasteiger partial charge in [0.05, 0.1) is 0 Å². The molecular weight excluding hydrogens is 160 g/mol. The van der Waals surface area contributed by atoms with Gasteiger partial charge in [-0.15, -0.1) is 0 Å². The maximum Gasteiger partial charge on any atom is 0.0483 e. The van der Waals surface area contributed by atoms with Crippen molar-refractivity contribution in [1.82, 2.24) is 10.2 Å². The van der Waals surface area contributed by atoms with E-state index in [1.165, 1.54) is 19.4 Å². The van der Waals surface area contributed by atoms with Gasteiger partial charge in [0.25, 0.3) is 0 Å². The summed E-state index contributed by atoms with van der Waals surface area (Å²) in [5, 5.41) is 3.50. The van der Waals surface area contributed by atoms with Crippen LogP contribution in [-0.2, 0) is 0 Å². The summed E-state index contributed by atoms with van der Waals surface area (Å²) in [7, 11) is 0. The van der Waals surface area contributed by atoms with Crippen molar-refractivity contribution in [3.05, 3.63) is 0 Å². The van der Waals surface area contributed by atoms with Crippen molar-refractivity contribution in [3.8, 4) is 0 Å². The molecule has 1 fully saturated rings. The Morgan fingerprint density at radius 1 is 1.31 bits per heavy atom. The molecule has 0 spiro atoms. The van der Waals surface area contributed by atoms with E-state index in [0.717, 1.165) is 19.3 Å². The zero-order valence-electron chi connectivity index (χ0n) is 9.56. The summed E-state index contributed by atoms with van der Waals surface area (Å²) in [6.07, 6.45) is 2.54. The molecule has 2 nitrogen and oxygen atoms in total. The lowest BCUT2D eigenvalue weighted by molar-refractivity contribution is 0.0706. The smallest absolute Gasteiger partial charge is 0.0483 e. The molecule has 1 saturated heterocycles. The Morgan fingerprint density at radius 3 is 2.38 bits per heavy atom. The Balaban J connectivity index is 2.50. The van der Waals surface area contributed by atoms with Gasteiger partial charge in [0, 0.05) is 25.8 Å². The van der Waals surface area contributed by atoms with Crippen LogP contribution in [0.4, 0.5) is 0 Å². The van der Waals surface area contributed by atoms with E-state index >= 15 is 0 Å². The number of nitrogens with one attached hydrogen (secondary N) is 1. The van der Waals surface area contributed by atoms with Gasteiger partial charge in [0.15, 0.2) is 0 Å². The van der Waals surface area contributed by atoms with Gasteiger partial charge in [-0.2, -0.15) is 0 Å². The van der Waals surface area contributed by atoms with Crippen molar-refractivity contribution in [2.75, 3.05) is 19.8 Å². The van der Waals surface area contributed by atoms with Crippen molar-refractivity contribution < 1.29 is 0 Å². The summed E-state index contributed by atoms with van der Waals surface area (Å²) in [4.78, 5) is 2.59. The Hall–Kier alpha value is -0.0800. The molecule has 0 unspecified atom stereocenters. The molecule has 0 aliphatic carbocycles. The molecule has 1 heterocycles. The molecule has 2 heteroatoms. The van der Waals surface area contributed by atoms with Gasteiger partial charge in [-0.05, 0) is 18.3 Å². The van der Waals surface area contributed by atoms with Crippen molar-refractivity contribution >= 4 is 0 Å². The first-order chi connectivity index (χ1) is 6.09. The Kier molecular flexibility index (Phi) is 3.74. The summed E-state index contributed by atoms with van der Waals surface area (Å²) in [6.45, 7) is 12.7. The second kappa shape index (κ2) is 4.43. The van der Waals surface area contributed by atoms with E-state index in [0.29, 0.717) is 5.41 Å². The van der Waals surface area contributed by atoms with Gasteiger partial charge in [-0.1, -0.05) is 27.7 Å². The molecule has 0 radical (unpaired) electrons. The molecule has 1 N–H and O–H groups in total. The molecule has 0 aromatic heterocycles. The van der Waals surface area contributed by atoms with Crippen LogP contribution in [0.25, 0.3) is 0 Å². The average Bonchev–Trinajstić information content (AvgIpc) is 2.05. The lowest BCUT2D eigenvalue weighted by atomic mass is 9.90. The van der Waals surface area contributed by atoms with Crippen LogP contribution in [0.15, 0.2) is 0 Å². The van der Waals surface area contributed by atoms with E-state index in [1.54, 1.807) is 0 Å². The zero-order chi connectivity index (χ0) is 9.90. The van der Waals surface area contributed by atoms with Gasteiger partial charge >= 0.3 is 0 Å². The summed E-state index contributed by atoms with van der Waals surface area (Å²) in [5.74, 6) is 0. The van der Waals surface area contributed by atoms with Gasteiger partial charge in [0.1, 0.15) is 0 Å². The minimum Gasteiger partial charge on any atom is -0.304 e. The third-order valence-corrected chi connectivity index (χ3v) is 3.01. The fourth-order valence-corrected chi connectivity index (χ4v) is 2.26. The van der Waals surface area contributed by atoms with E-state index in [4.69, 9.17) is 0 Å². The average molecular weight is 184 g/mol. The molecule has 0 saturated carbocycles. The quantitative estimate of drug-likeness (QED) is 0.722. The number of hydrogen-bond acceptors (Lipinski definition) is 2. The molecule has 13 heavy (non-hydrogen) atoms. The Bertz CT molecular complexity index is 150. The predicted molar refractivity (Wildman–Crippen MR) is 57.7 cm³/mol. The highest BCUT2D eigenvalue weighted by Crippen LogP contribution is 2.22. The van der Waals surface area contributed by atoms with Crippen molar-refractivity contribution in [1.29, 1.82) is 0 Å². The first-order valence-electron chi connectivity index (χ1n) is 5.54. The van der Waals surface area contributed by atoms with E-state index in [2.05, 4.69) is 37.9 Å². The highest BCUT2D eigenvalue weighted by atomic mass is 15.3. The first-order valence-corrected chi connectivity index (χ1v) is 5.54. The maximum atomic E-state index is 3.50. The molecule has 0 atom stereocenters. The van der Waals surface area contributed by atoms with Crippen LogP contribution in [0.2, 0.25) is 0 Å². The molecule has 0 bridgehead atoms. The molecule has 0 amide bonds. The highest BCUT2D eigenvalue weighted by Gasteiger charge is 2.28. The predicted octanol–water partition coefficient (Wildman–Crippen LogP) is 2.06. The van der Waals surface area contributed by atoms with Gasteiger partial charge in [-0.3, -0.25) is 4.90 Å². The zero-order valence-corrected chi connectivity index (χ0v) is 9.56. The summed E-state index contributed by atoms with van der Waals surface area (Å²) >= 11 is 0. The van der Waals surface area contributed by atoms with E-state index < -0.39 is 0 Å². The maximum absolute atomic E-state index is 3.50. The van der Waals surface area contributed by atoms with E-state index in [9.17, 15) is 0 Å². The van der Waals surface area contributed by atoms with E-state index in [-0.39, 0.29) is 0 Å². The lowest BCUT2D eigenvalue weighted by Gasteiger charge is -2.42. The number of nitrogens with zero attached hydrogens (tertiary/aromatic N) is 1. The van der Waals surface area contributed by atoms with Crippen LogP contribution in [0, 0.1) is 5.41 Å². The molecular formula is C11H24N2. The fraction of sp³-hybridized carbons (Fsp3) is 1.00. The number of hydrogen-bond donors (Lipinski definition) is 1. The van der Waals surface area contributed by atoms with Crippen LogP contribution >= 0.6 is 0 Å². The largest absolute Gasteiger partial charge is 0.304 e. The standard InChI is InChI=1S/C11H24N2/c1-5-10(6-2)13-8-11(3,4)7-12-9-13/h10,12H,5-9H2,1-4H3. The van der Waals surface area contributed by atoms with Crippen LogP contribution < -0.4 is 5.32 Å². The normalized spacial score (nSPS) is 23.8. The molecule has 1 aliphatic heterocycles. The molecule has 1 rings (SSSR count). The van der Waals surface area contributed by atoms with Gasteiger partial charge < -0.3 is 5.32 Å². The van der Waals surface area contributed by atoms with Crippen LogP contribution in [-0.4, -0.2) is 30.7 Å². The minimum atomic E-state index is 0.445. The lowest BCUT2D eigenvalue weighted by Crippen LogP contribution is -2.54. The second-order valence-electron chi connectivity index (χ2n) is 4.97. The minimum absolute atomic E-state index is 0.445. The Labute approximate surface area is 82.7 Å². The van der Waals surface area contributed by atoms with Crippen LogP contribution in [0.3, 0.4) is 0 Å². The van der Waals surface area contributed by atoms with Crippen LogP contribution in [0.5, 0.6) is 0 Å². The molecule has 1 aliphatic rings. The first kappa shape index (κ1) is 11.0. The highest BCUT2D eigenvalue weighted by molar-refractivity contribution is 4.83. The summed E-state index contributed by atoms with van der Waals surface area (Å²) in [6, 6.07) is 0.770. The van der Waals surface area contributed by atoms with Crippen LogP contribution in [0.1, 0.15) is 40.5 Å². The third-order valence-electron chi connectivity index (χ3n) is 3.01. The Morgan fingerprint density at radius 2 is 1.92 bits per heavy atom. The summed E-state index contributed by atoms with van der Waals surface area (Å²) in [5.41, 5.74) is 0.445. The van der Waals surface area contributed by atoms with Gasteiger partial charge in [0.2, 0.25) is 0 Å². The molecule has 78 valence electrons. The summed E-state index contributed by atoms with van der Waals surface area (Å²) < 4.78 is 0. The second-order valence-corrected chi connectivity index (χ2v) is 4.97. The SMILES string of the molecule is CCC(CC)N1CNCC(C)(C)C1. The topological polar surface area (TPSA) is 15.3 Å².